The Morgan fingerprint density at radius 3 is 2.63 bits per heavy atom. The molecule has 0 fully saturated rings. The van der Waals surface area contributed by atoms with E-state index in [1.165, 1.54) is 22.0 Å². The number of nitrogens with zero attached hydrogens (tertiary/aromatic N) is 2. The number of hydrogen-bond acceptors (Lipinski definition) is 1. The number of para-hydroxylation sites is 2. The number of rotatable bonds is 1. The topological polar surface area (TPSA) is 17.8 Å². The molecule has 0 amide bonds. The Labute approximate surface area is 110 Å². The van der Waals surface area contributed by atoms with Crippen molar-refractivity contribution in [1.82, 2.24) is 9.55 Å². The smallest absolute Gasteiger partial charge is 0.0723 e. The van der Waals surface area contributed by atoms with Crippen molar-refractivity contribution in [2.24, 2.45) is 0 Å². The second-order valence-corrected chi connectivity index (χ2v) is 4.59. The van der Waals surface area contributed by atoms with E-state index in [9.17, 15) is 0 Å². The second-order valence-electron chi connectivity index (χ2n) is 4.59. The van der Waals surface area contributed by atoms with Crippen molar-refractivity contribution in [1.29, 1.82) is 0 Å². The van der Waals surface area contributed by atoms with E-state index >= 15 is 0 Å². The molecule has 19 heavy (non-hydrogen) atoms. The molecule has 90 valence electrons. The highest BCUT2D eigenvalue weighted by Crippen LogP contribution is 2.25. The lowest BCUT2D eigenvalue weighted by atomic mass is 10.2. The molecule has 0 aliphatic heterocycles. The molecule has 0 N–H and O–H groups in total. The van der Waals surface area contributed by atoms with Gasteiger partial charge in [0.15, 0.2) is 0 Å². The molecule has 0 radical (unpaired) electrons. The number of hydrogen-bond donors (Lipinski definition) is 0. The minimum absolute atomic E-state index is 1.03. The summed E-state index contributed by atoms with van der Waals surface area (Å²) >= 11 is 0. The first-order chi connectivity index (χ1) is 9.43. The molecule has 2 heteroatoms. The Bertz CT molecular complexity index is 869. The van der Waals surface area contributed by atoms with Crippen molar-refractivity contribution < 1.29 is 0 Å². The van der Waals surface area contributed by atoms with E-state index in [1.807, 2.05) is 18.3 Å². The highest BCUT2D eigenvalue weighted by molar-refractivity contribution is 5.90. The summed E-state index contributed by atoms with van der Waals surface area (Å²) in [5.74, 6) is 0. The standard InChI is InChI=1S/C17H12N2/c1-4-8-16-13(5-1)10-12-19(16)17-9-11-18-15-7-3-2-6-14(15)17/h1-12H. The molecule has 0 aliphatic rings. The van der Waals surface area contributed by atoms with Crippen LogP contribution in [0.25, 0.3) is 27.5 Å². The molecular weight excluding hydrogens is 232 g/mol. The van der Waals surface area contributed by atoms with Gasteiger partial charge in [0.25, 0.3) is 0 Å². The second kappa shape index (κ2) is 3.95. The van der Waals surface area contributed by atoms with Gasteiger partial charge < -0.3 is 4.57 Å². The monoisotopic (exact) mass is 244 g/mol. The summed E-state index contributed by atoms with van der Waals surface area (Å²) in [4.78, 5) is 4.42. The number of aromatic nitrogens is 2. The summed E-state index contributed by atoms with van der Waals surface area (Å²) in [6.45, 7) is 0. The Kier molecular flexibility index (Phi) is 2.15. The van der Waals surface area contributed by atoms with Gasteiger partial charge in [-0.3, -0.25) is 4.98 Å². The lowest BCUT2D eigenvalue weighted by molar-refractivity contribution is 1.13. The molecule has 2 nitrogen and oxygen atoms in total. The largest absolute Gasteiger partial charge is 0.316 e. The fraction of sp³-hybridized carbons (Fsp3) is 0. The zero-order valence-corrected chi connectivity index (χ0v) is 10.3. The van der Waals surface area contributed by atoms with Crippen molar-refractivity contribution in [2.75, 3.05) is 0 Å². The van der Waals surface area contributed by atoms with Crippen LogP contribution in [0.1, 0.15) is 0 Å². The molecule has 0 spiro atoms. The molecule has 0 saturated carbocycles. The molecule has 0 saturated heterocycles. The number of fused-ring (bicyclic) bond motifs is 2. The van der Waals surface area contributed by atoms with Gasteiger partial charge in [-0.05, 0) is 29.7 Å². The van der Waals surface area contributed by atoms with Crippen LogP contribution in [0.4, 0.5) is 0 Å². The molecule has 0 unspecified atom stereocenters. The predicted molar refractivity (Wildman–Crippen MR) is 78.6 cm³/mol. The van der Waals surface area contributed by atoms with Gasteiger partial charge in [-0.25, -0.2) is 0 Å². The fourth-order valence-corrected chi connectivity index (χ4v) is 2.58. The minimum atomic E-state index is 1.03. The van der Waals surface area contributed by atoms with Gasteiger partial charge in [-0.15, -0.1) is 0 Å². The van der Waals surface area contributed by atoms with Crippen LogP contribution in [0.15, 0.2) is 73.1 Å². The summed E-state index contributed by atoms with van der Waals surface area (Å²) in [6.07, 6.45) is 3.99. The van der Waals surface area contributed by atoms with Gasteiger partial charge in [0.05, 0.1) is 16.7 Å². The van der Waals surface area contributed by atoms with Gasteiger partial charge in [0, 0.05) is 17.8 Å². The van der Waals surface area contributed by atoms with Crippen molar-refractivity contribution in [2.45, 2.75) is 0 Å². The van der Waals surface area contributed by atoms with E-state index in [0.717, 1.165) is 5.52 Å². The lowest BCUT2D eigenvalue weighted by Gasteiger charge is -2.08. The van der Waals surface area contributed by atoms with Crippen LogP contribution in [0.5, 0.6) is 0 Å². The lowest BCUT2D eigenvalue weighted by Crippen LogP contribution is -1.94. The minimum Gasteiger partial charge on any atom is -0.316 e. The molecule has 0 bridgehead atoms. The predicted octanol–water partition coefficient (Wildman–Crippen LogP) is 4.18. The Morgan fingerprint density at radius 2 is 1.63 bits per heavy atom. The van der Waals surface area contributed by atoms with E-state index in [0.29, 0.717) is 0 Å². The van der Waals surface area contributed by atoms with E-state index in [4.69, 9.17) is 0 Å². The fourth-order valence-electron chi connectivity index (χ4n) is 2.58. The van der Waals surface area contributed by atoms with E-state index in [-0.39, 0.29) is 0 Å². The van der Waals surface area contributed by atoms with Crippen molar-refractivity contribution in [3.63, 3.8) is 0 Å². The van der Waals surface area contributed by atoms with Crippen LogP contribution < -0.4 is 0 Å². The maximum Gasteiger partial charge on any atom is 0.0723 e. The Balaban J connectivity index is 2.10. The third-order valence-electron chi connectivity index (χ3n) is 3.49. The zero-order chi connectivity index (χ0) is 12.7. The SMILES string of the molecule is c1ccc2c(c1)ccn2-c1ccnc2ccccc12. The summed E-state index contributed by atoms with van der Waals surface area (Å²) in [5.41, 5.74) is 3.42. The van der Waals surface area contributed by atoms with E-state index < -0.39 is 0 Å². The highest BCUT2D eigenvalue weighted by Gasteiger charge is 2.06. The van der Waals surface area contributed by atoms with Crippen LogP contribution in [0, 0.1) is 0 Å². The third-order valence-corrected chi connectivity index (χ3v) is 3.49. The maximum absolute atomic E-state index is 4.42. The van der Waals surface area contributed by atoms with Crippen LogP contribution in [-0.2, 0) is 0 Å². The summed E-state index contributed by atoms with van der Waals surface area (Å²) in [7, 11) is 0. The summed E-state index contributed by atoms with van der Waals surface area (Å²) in [5, 5.41) is 2.43. The Hall–Kier alpha value is -2.61. The maximum atomic E-state index is 4.42. The average Bonchev–Trinajstić information content (AvgIpc) is 2.90. The Morgan fingerprint density at radius 1 is 0.789 bits per heavy atom. The molecule has 0 aliphatic carbocycles. The van der Waals surface area contributed by atoms with Crippen LogP contribution in [0.3, 0.4) is 0 Å². The van der Waals surface area contributed by atoms with Crippen molar-refractivity contribution in [3.8, 4) is 5.69 Å². The van der Waals surface area contributed by atoms with Gasteiger partial charge >= 0.3 is 0 Å². The third kappa shape index (κ3) is 1.54. The molecule has 4 aromatic rings. The normalized spacial score (nSPS) is 11.2. The molecule has 2 heterocycles. The van der Waals surface area contributed by atoms with E-state index in [2.05, 4.69) is 64.3 Å². The van der Waals surface area contributed by atoms with Crippen LogP contribution in [0.2, 0.25) is 0 Å². The molecule has 2 aromatic heterocycles. The van der Waals surface area contributed by atoms with Crippen LogP contribution >= 0.6 is 0 Å². The zero-order valence-electron chi connectivity index (χ0n) is 10.3. The van der Waals surface area contributed by atoms with E-state index in [1.54, 1.807) is 0 Å². The van der Waals surface area contributed by atoms with Crippen molar-refractivity contribution >= 4 is 21.8 Å². The first-order valence-corrected chi connectivity index (χ1v) is 6.34. The quantitative estimate of drug-likeness (QED) is 0.491. The van der Waals surface area contributed by atoms with Crippen LogP contribution in [-0.4, -0.2) is 9.55 Å². The molecule has 2 aromatic carbocycles. The summed E-state index contributed by atoms with van der Waals surface area (Å²) < 4.78 is 2.22. The highest BCUT2D eigenvalue weighted by atomic mass is 15.0. The number of benzene rings is 2. The number of pyridine rings is 1. The average molecular weight is 244 g/mol. The first-order valence-electron chi connectivity index (χ1n) is 6.34. The molecule has 0 atom stereocenters. The van der Waals surface area contributed by atoms with Gasteiger partial charge in [-0.2, -0.15) is 0 Å². The molecule has 4 rings (SSSR count). The van der Waals surface area contributed by atoms with Gasteiger partial charge in [-0.1, -0.05) is 36.4 Å². The summed E-state index contributed by atoms with van der Waals surface area (Å²) in [6, 6.07) is 20.9. The van der Waals surface area contributed by atoms with Gasteiger partial charge in [0.2, 0.25) is 0 Å². The first kappa shape index (κ1) is 10.3. The molecular formula is C17H12N2. The van der Waals surface area contributed by atoms with Crippen molar-refractivity contribution in [3.05, 3.63) is 73.1 Å². The van der Waals surface area contributed by atoms with Gasteiger partial charge in [0.1, 0.15) is 0 Å².